The minimum Gasteiger partial charge on any atom is -0.463 e. The Labute approximate surface area is 142 Å². The lowest BCUT2D eigenvalue weighted by Crippen LogP contribution is -2.46. The van der Waals surface area contributed by atoms with Crippen molar-refractivity contribution < 1.29 is 24.2 Å². The summed E-state index contributed by atoms with van der Waals surface area (Å²) < 4.78 is 11.3. The van der Waals surface area contributed by atoms with Gasteiger partial charge < -0.3 is 14.6 Å². The normalized spacial score (nSPS) is 42.9. The Morgan fingerprint density at radius 2 is 2.00 bits per heavy atom. The molecule has 3 aliphatic heterocycles. The molecule has 0 spiro atoms. The first kappa shape index (κ1) is 17.4. The van der Waals surface area contributed by atoms with Crippen molar-refractivity contribution in [2.24, 2.45) is 11.8 Å². The highest BCUT2D eigenvalue weighted by atomic mass is 16.6. The Kier molecular flexibility index (Phi) is 4.71. The Balaban J connectivity index is 1.89. The van der Waals surface area contributed by atoms with Gasteiger partial charge in [-0.25, -0.2) is 9.59 Å². The number of allylic oxidation sites excluding steroid dienone is 1. The highest BCUT2D eigenvalue weighted by Gasteiger charge is 2.48. The molecule has 3 fully saturated rings. The standard InChI is InChI=1S/C18H27NO5/c1-4-12-9-11(2)18(3,22)17(21)23-10-13-5-7-19-8-6-14(15(13)19)24-16(12)20/h4,11,13-15,22H,5-10H2,1-3H3/b12-4-/t11-,13-,14+,15-,18+/m0/s1. The summed E-state index contributed by atoms with van der Waals surface area (Å²) in [5.41, 5.74) is -1.12. The van der Waals surface area contributed by atoms with Crippen LogP contribution >= 0.6 is 0 Å². The van der Waals surface area contributed by atoms with Gasteiger partial charge in [-0.1, -0.05) is 13.0 Å². The number of hydrogen-bond acceptors (Lipinski definition) is 6. The number of carbonyl (C=O) groups excluding carboxylic acids is 2. The molecule has 0 saturated carbocycles. The highest BCUT2D eigenvalue weighted by Crippen LogP contribution is 2.36. The van der Waals surface area contributed by atoms with Crippen molar-refractivity contribution in [2.45, 2.75) is 57.8 Å². The summed E-state index contributed by atoms with van der Waals surface area (Å²) in [5, 5.41) is 10.6. The highest BCUT2D eigenvalue weighted by molar-refractivity contribution is 5.89. The third-order valence-corrected chi connectivity index (χ3v) is 5.97. The van der Waals surface area contributed by atoms with Crippen LogP contribution in [-0.2, 0) is 19.1 Å². The lowest BCUT2D eigenvalue weighted by molar-refractivity contribution is -0.172. The maximum atomic E-state index is 12.6. The van der Waals surface area contributed by atoms with E-state index >= 15 is 0 Å². The van der Waals surface area contributed by atoms with E-state index < -0.39 is 17.5 Å². The average Bonchev–Trinajstić information content (AvgIpc) is 3.12. The van der Waals surface area contributed by atoms with E-state index in [1.54, 1.807) is 19.9 Å². The molecule has 3 saturated heterocycles. The Hall–Kier alpha value is -1.40. The largest absolute Gasteiger partial charge is 0.463 e. The molecule has 0 aromatic carbocycles. The van der Waals surface area contributed by atoms with Gasteiger partial charge in [0.05, 0.1) is 12.6 Å². The quantitative estimate of drug-likeness (QED) is 0.530. The number of hydrogen-bond donors (Lipinski definition) is 1. The van der Waals surface area contributed by atoms with Crippen LogP contribution < -0.4 is 0 Å². The molecule has 3 heterocycles. The van der Waals surface area contributed by atoms with Gasteiger partial charge in [-0.15, -0.1) is 0 Å². The molecular formula is C18H27NO5. The molecule has 0 amide bonds. The lowest BCUT2D eigenvalue weighted by atomic mass is 9.85. The van der Waals surface area contributed by atoms with Crippen LogP contribution in [0.2, 0.25) is 0 Å². The SMILES string of the molecule is C/C=C1/C[C@H](C)[C@@](C)(O)C(=O)OC[C@@H]2CCN3CC[C@@H](OC1=O)[C@H]23. The molecule has 6 nitrogen and oxygen atoms in total. The number of nitrogens with zero attached hydrogens (tertiary/aromatic N) is 1. The van der Waals surface area contributed by atoms with Gasteiger partial charge in [0.15, 0.2) is 5.60 Å². The van der Waals surface area contributed by atoms with E-state index in [-0.39, 0.29) is 37.1 Å². The van der Waals surface area contributed by atoms with Crippen LogP contribution in [-0.4, -0.2) is 59.4 Å². The number of ether oxygens (including phenoxy) is 2. The second kappa shape index (κ2) is 6.48. The van der Waals surface area contributed by atoms with Crippen LogP contribution in [0.4, 0.5) is 0 Å². The zero-order valence-electron chi connectivity index (χ0n) is 14.7. The van der Waals surface area contributed by atoms with E-state index in [1.165, 1.54) is 6.92 Å². The molecule has 134 valence electrons. The van der Waals surface area contributed by atoms with E-state index in [2.05, 4.69) is 4.90 Å². The second-order valence-corrected chi connectivity index (χ2v) is 7.47. The third-order valence-electron chi connectivity index (χ3n) is 5.97. The molecule has 0 bridgehead atoms. The monoisotopic (exact) mass is 337 g/mol. The summed E-state index contributed by atoms with van der Waals surface area (Å²) in [5.74, 6) is -1.23. The minimum absolute atomic E-state index is 0.113. The number of cyclic esters (lactones) is 1. The van der Waals surface area contributed by atoms with E-state index in [9.17, 15) is 14.7 Å². The molecule has 6 heteroatoms. The van der Waals surface area contributed by atoms with Crippen molar-refractivity contribution in [1.29, 1.82) is 0 Å². The van der Waals surface area contributed by atoms with Crippen LogP contribution in [0.15, 0.2) is 11.6 Å². The Morgan fingerprint density at radius 3 is 2.71 bits per heavy atom. The predicted molar refractivity (Wildman–Crippen MR) is 87.1 cm³/mol. The second-order valence-electron chi connectivity index (χ2n) is 7.47. The number of carbonyl (C=O) groups is 2. The van der Waals surface area contributed by atoms with E-state index in [0.29, 0.717) is 5.57 Å². The van der Waals surface area contributed by atoms with E-state index in [4.69, 9.17) is 9.47 Å². The minimum atomic E-state index is -1.62. The fourth-order valence-corrected chi connectivity index (χ4v) is 4.11. The summed E-state index contributed by atoms with van der Waals surface area (Å²) in [4.78, 5) is 27.3. The number of esters is 2. The van der Waals surface area contributed by atoms with Gasteiger partial charge in [0, 0.05) is 18.0 Å². The first-order chi connectivity index (χ1) is 11.3. The molecule has 24 heavy (non-hydrogen) atoms. The zero-order valence-corrected chi connectivity index (χ0v) is 14.7. The van der Waals surface area contributed by atoms with Gasteiger partial charge >= 0.3 is 11.9 Å². The third kappa shape index (κ3) is 2.97. The number of rotatable bonds is 0. The fraction of sp³-hybridized carbons (Fsp3) is 0.778. The molecule has 3 aliphatic rings. The van der Waals surface area contributed by atoms with Crippen LogP contribution in [0.25, 0.3) is 0 Å². The van der Waals surface area contributed by atoms with Gasteiger partial charge in [0.2, 0.25) is 0 Å². The summed E-state index contributed by atoms with van der Waals surface area (Å²) in [7, 11) is 0. The molecule has 0 radical (unpaired) electrons. The van der Waals surface area contributed by atoms with Gasteiger partial charge in [0.25, 0.3) is 0 Å². The molecule has 0 aromatic rings. The van der Waals surface area contributed by atoms with Gasteiger partial charge in [0.1, 0.15) is 6.10 Å². The lowest BCUT2D eigenvalue weighted by Gasteiger charge is -2.32. The summed E-state index contributed by atoms with van der Waals surface area (Å²) in [6.07, 6.45) is 3.59. The zero-order chi connectivity index (χ0) is 17.5. The molecule has 0 unspecified atom stereocenters. The predicted octanol–water partition coefficient (Wildman–Crippen LogP) is 1.27. The van der Waals surface area contributed by atoms with Crippen LogP contribution in [0.3, 0.4) is 0 Å². The van der Waals surface area contributed by atoms with Gasteiger partial charge in [-0.2, -0.15) is 0 Å². The van der Waals surface area contributed by atoms with Gasteiger partial charge in [-0.05, 0) is 45.6 Å². The molecule has 5 atom stereocenters. The van der Waals surface area contributed by atoms with Crippen LogP contribution in [0.1, 0.15) is 40.0 Å². The molecule has 0 aliphatic carbocycles. The maximum Gasteiger partial charge on any atom is 0.338 e. The number of aliphatic hydroxyl groups is 1. The average molecular weight is 337 g/mol. The first-order valence-electron chi connectivity index (χ1n) is 8.84. The Bertz CT molecular complexity index is 556. The summed E-state index contributed by atoms with van der Waals surface area (Å²) in [6.45, 7) is 7.11. The fourth-order valence-electron chi connectivity index (χ4n) is 4.11. The van der Waals surface area contributed by atoms with Crippen molar-refractivity contribution in [3.8, 4) is 0 Å². The molecule has 3 rings (SSSR count). The van der Waals surface area contributed by atoms with Crippen molar-refractivity contribution in [1.82, 2.24) is 4.90 Å². The van der Waals surface area contributed by atoms with Gasteiger partial charge in [-0.3, -0.25) is 4.90 Å². The van der Waals surface area contributed by atoms with Crippen LogP contribution in [0.5, 0.6) is 0 Å². The van der Waals surface area contributed by atoms with Crippen molar-refractivity contribution in [3.05, 3.63) is 11.6 Å². The maximum absolute atomic E-state index is 12.6. The van der Waals surface area contributed by atoms with E-state index in [0.717, 1.165) is 25.9 Å². The first-order valence-corrected chi connectivity index (χ1v) is 8.84. The summed E-state index contributed by atoms with van der Waals surface area (Å²) >= 11 is 0. The van der Waals surface area contributed by atoms with E-state index in [1.807, 2.05) is 0 Å². The molecule has 0 aromatic heterocycles. The van der Waals surface area contributed by atoms with Crippen molar-refractivity contribution in [2.75, 3.05) is 19.7 Å². The smallest absolute Gasteiger partial charge is 0.338 e. The Morgan fingerprint density at radius 1 is 1.29 bits per heavy atom. The molecular weight excluding hydrogens is 310 g/mol. The molecule has 1 N–H and O–H groups in total. The van der Waals surface area contributed by atoms with Crippen molar-refractivity contribution in [3.63, 3.8) is 0 Å². The van der Waals surface area contributed by atoms with Crippen LogP contribution in [0, 0.1) is 11.8 Å². The van der Waals surface area contributed by atoms with Crippen molar-refractivity contribution >= 4 is 11.9 Å². The topological polar surface area (TPSA) is 76.1 Å². The summed E-state index contributed by atoms with van der Waals surface area (Å²) in [6, 6.07) is 0.113.